The highest BCUT2D eigenvalue weighted by molar-refractivity contribution is 6.06. The largest absolute Gasteiger partial charge is 0.488 e. The second-order valence-electron chi connectivity index (χ2n) is 2.19. The van der Waals surface area contributed by atoms with Gasteiger partial charge < -0.3 is 15.2 Å². The zero-order valence-corrected chi connectivity index (χ0v) is 6.55. The number of aliphatic hydroxyl groups excluding tert-OH is 1. The first-order valence-corrected chi connectivity index (χ1v) is 3.49. The van der Waals surface area contributed by atoms with Gasteiger partial charge in [-0.2, -0.15) is 0 Å². The fraction of sp³-hybridized carbons (Fsp3) is 0.571. The molecular weight excluding hydrogens is 146 g/mol. The molecule has 0 bridgehead atoms. The molecule has 0 aromatic carbocycles. The molecule has 2 N–H and O–H groups in total. The van der Waals surface area contributed by atoms with Gasteiger partial charge in [-0.15, -0.1) is 0 Å². The summed E-state index contributed by atoms with van der Waals surface area (Å²) in [5.74, 6) is -0.0706. The Morgan fingerprint density at radius 3 is 2.82 bits per heavy atom. The molecule has 1 rings (SSSR count). The number of Topliss-reactive ketones (excluding diaryl/α,β-unsaturated/α-hetero) is 1. The van der Waals surface area contributed by atoms with Crippen molar-refractivity contribution in [1.29, 1.82) is 0 Å². The van der Waals surface area contributed by atoms with Gasteiger partial charge in [0.25, 0.3) is 0 Å². The van der Waals surface area contributed by atoms with E-state index in [1.807, 2.05) is 0 Å². The highest BCUT2D eigenvalue weighted by Gasteiger charge is 2.38. The Morgan fingerprint density at radius 1 is 1.73 bits per heavy atom. The summed E-state index contributed by atoms with van der Waals surface area (Å²) in [6, 6.07) is 0. The maximum Gasteiger partial charge on any atom is 0.233 e. The quantitative estimate of drug-likeness (QED) is 0.574. The highest BCUT2D eigenvalue weighted by atomic mass is 16.5. The molecule has 1 aliphatic carbocycles. The molecule has 0 heterocycles. The molecule has 0 fully saturated rings. The average molecular weight is 157 g/mol. The molecule has 4 heteroatoms. The smallest absolute Gasteiger partial charge is 0.233 e. The summed E-state index contributed by atoms with van der Waals surface area (Å²) >= 11 is 0. The molecule has 11 heavy (non-hydrogen) atoms. The molecule has 0 aromatic rings. The molecule has 1 atom stereocenters. The predicted octanol–water partition coefficient (Wildman–Crippen LogP) is -0.603. The maximum absolute atomic E-state index is 10.8. The Kier molecular flexibility index (Phi) is 2.14. The van der Waals surface area contributed by atoms with Crippen LogP contribution in [0.4, 0.5) is 0 Å². The van der Waals surface area contributed by atoms with Crippen molar-refractivity contribution in [3.63, 3.8) is 0 Å². The molecule has 0 spiro atoms. The SMILES string of the molecule is CCOC1=C(NC)C(O)C1=O. The van der Waals surface area contributed by atoms with Crippen molar-refractivity contribution in [3.8, 4) is 0 Å². The van der Waals surface area contributed by atoms with E-state index in [9.17, 15) is 4.79 Å². The number of nitrogens with one attached hydrogen (secondary N) is 1. The monoisotopic (exact) mass is 157 g/mol. The summed E-state index contributed by atoms with van der Waals surface area (Å²) in [5.41, 5.74) is 0.483. The molecule has 0 saturated heterocycles. The van der Waals surface area contributed by atoms with E-state index < -0.39 is 6.10 Å². The number of aliphatic hydroxyl groups is 1. The number of hydrogen-bond donors (Lipinski definition) is 2. The molecule has 62 valence electrons. The van der Waals surface area contributed by atoms with Crippen LogP contribution in [0.3, 0.4) is 0 Å². The van der Waals surface area contributed by atoms with Crippen LogP contribution in [0.15, 0.2) is 11.5 Å². The zero-order valence-electron chi connectivity index (χ0n) is 6.55. The summed E-state index contributed by atoms with van der Waals surface area (Å²) in [7, 11) is 1.64. The maximum atomic E-state index is 10.8. The minimum absolute atomic E-state index is 0.266. The van der Waals surface area contributed by atoms with Crippen molar-refractivity contribution in [2.24, 2.45) is 0 Å². The first-order chi connectivity index (χ1) is 5.22. The second kappa shape index (κ2) is 2.92. The van der Waals surface area contributed by atoms with E-state index >= 15 is 0 Å². The lowest BCUT2D eigenvalue weighted by Gasteiger charge is -2.26. The normalized spacial score (nSPS) is 23.2. The fourth-order valence-corrected chi connectivity index (χ4v) is 0.978. The molecule has 0 aromatic heterocycles. The summed E-state index contributed by atoms with van der Waals surface area (Å²) in [6.45, 7) is 2.23. The lowest BCUT2D eigenvalue weighted by molar-refractivity contribution is -0.129. The molecule has 4 nitrogen and oxygen atoms in total. The Balaban J connectivity index is 2.73. The van der Waals surface area contributed by atoms with E-state index in [1.165, 1.54) is 0 Å². The molecular formula is C7H11NO3. The topological polar surface area (TPSA) is 58.6 Å². The van der Waals surface area contributed by atoms with Crippen molar-refractivity contribution in [2.75, 3.05) is 13.7 Å². The van der Waals surface area contributed by atoms with Crippen LogP contribution in [-0.4, -0.2) is 30.6 Å². The fourth-order valence-electron chi connectivity index (χ4n) is 0.978. The Morgan fingerprint density at radius 2 is 2.36 bits per heavy atom. The van der Waals surface area contributed by atoms with E-state index in [-0.39, 0.29) is 11.5 Å². The van der Waals surface area contributed by atoms with Gasteiger partial charge in [-0.25, -0.2) is 0 Å². The van der Waals surface area contributed by atoms with Crippen LogP contribution in [0, 0.1) is 0 Å². The van der Waals surface area contributed by atoms with Crippen molar-refractivity contribution < 1.29 is 14.6 Å². The standard InChI is InChI=1S/C7H11NO3/c1-3-11-7-4(8-2)5(9)6(7)10/h5,8-9H,3H2,1-2H3. The van der Waals surface area contributed by atoms with E-state index in [0.29, 0.717) is 12.3 Å². The number of likely N-dealkylation sites (N-methyl/N-ethyl adjacent to an activating group) is 1. The minimum Gasteiger partial charge on any atom is -0.488 e. The number of hydrogen-bond acceptors (Lipinski definition) is 4. The van der Waals surface area contributed by atoms with Crippen LogP contribution in [0.1, 0.15) is 6.92 Å². The van der Waals surface area contributed by atoms with Crippen molar-refractivity contribution >= 4 is 5.78 Å². The number of rotatable bonds is 3. The van der Waals surface area contributed by atoms with Gasteiger partial charge in [-0.3, -0.25) is 4.79 Å². The third kappa shape index (κ3) is 1.09. The van der Waals surface area contributed by atoms with Gasteiger partial charge in [0, 0.05) is 7.05 Å². The summed E-state index contributed by atoms with van der Waals surface area (Å²) in [6.07, 6.45) is -0.999. The van der Waals surface area contributed by atoms with Crippen molar-refractivity contribution in [3.05, 3.63) is 11.5 Å². The lowest BCUT2D eigenvalue weighted by atomic mass is 9.97. The molecule has 1 aliphatic rings. The van der Waals surface area contributed by atoms with Crippen molar-refractivity contribution in [2.45, 2.75) is 13.0 Å². The van der Waals surface area contributed by atoms with Crippen LogP contribution in [0.25, 0.3) is 0 Å². The third-order valence-corrected chi connectivity index (χ3v) is 1.55. The molecule has 0 saturated carbocycles. The molecule has 0 radical (unpaired) electrons. The van der Waals surface area contributed by atoms with Crippen LogP contribution in [0.2, 0.25) is 0 Å². The number of ether oxygens (including phenoxy) is 1. The average Bonchev–Trinajstić information content (AvgIpc) is 2.04. The molecule has 1 unspecified atom stereocenters. The van der Waals surface area contributed by atoms with Gasteiger partial charge in [0.05, 0.1) is 12.3 Å². The second-order valence-corrected chi connectivity index (χ2v) is 2.19. The van der Waals surface area contributed by atoms with Crippen LogP contribution >= 0.6 is 0 Å². The van der Waals surface area contributed by atoms with E-state index in [0.717, 1.165) is 0 Å². The van der Waals surface area contributed by atoms with E-state index in [4.69, 9.17) is 9.84 Å². The van der Waals surface area contributed by atoms with Crippen LogP contribution in [-0.2, 0) is 9.53 Å². The van der Waals surface area contributed by atoms with E-state index in [2.05, 4.69) is 5.32 Å². The Bertz CT molecular complexity index is 210. The highest BCUT2D eigenvalue weighted by Crippen LogP contribution is 2.22. The van der Waals surface area contributed by atoms with Gasteiger partial charge in [0.1, 0.15) is 0 Å². The Labute approximate surface area is 64.9 Å². The van der Waals surface area contributed by atoms with Crippen molar-refractivity contribution in [1.82, 2.24) is 5.32 Å². The minimum atomic E-state index is -0.999. The zero-order chi connectivity index (χ0) is 8.43. The van der Waals surface area contributed by atoms with Gasteiger partial charge in [-0.05, 0) is 6.92 Å². The van der Waals surface area contributed by atoms with Gasteiger partial charge in [0.2, 0.25) is 5.78 Å². The Hall–Kier alpha value is -1.03. The predicted molar refractivity (Wildman–Crippen MR) is 38.7 cm³/mol. The number of carbonyl (C=O) groups is 1. The van der Waals surface area contributed by atoms with E-state index in [1.54, 1.807) is 14.0 Å². The van der Waals surface area contributed by atoms with Crippen LogP contribution in [0.5, 0.6) is 0 Å². The van der Waals surface area contributed by atoms with Crippen LogP contribution < -0.4 is 5.32 Å². The van der Waals surface area contributed by atoms with Gasteiger partial charge >= 0.3 is 0 Å². The summed E-state index contributed by atoms with van der Waals surface area (Å²) in [4.78, 5) is 10.8. The number of carbonyl (C=O) groups excluding carboxylic acids is 1. The molecule has 0 amide bonds. The van der Waals surface area contributed by atoms with Gasteiger partial charge in [-0.1, -0.05) is 0 Å². The first-order valence-electron chi connectivity index (χ1n) is 3.49. The van der Waals surface area contributed by atoms with Gasteiger partial charge in [0.15, 0.2) is 11.9 Å². The molecule has 0 aliphatic heterocycles. The third-order valence-electron chi connectivity index (χ3n) is 1.55. The summed E-state index contributed by atoms with van der Waals surface area (Å²) < 4.78 is 4.97. The lowest BCUT2D eigenvalue weighted by Crippen LogP contribution is -2.42. The summed E-state index contributed by atoms with van der Waals surface area (Å²) in [5, 5.41) is 11.7. The first kappa shape index (κ1) is 8.07. The number of ketones is 1.